The van der Waals surface area contributed by atoms with Crippen LogP contribution < -0.4 is 10.6 Å². The number of fused-ring (bicyclic) bond motifs is 1. The molecular weight excluding hydrogens is 333 g/mol. The van der Waals surface area contributed by atoms with Crippen molar-refractivity contribution in [3.05, 3.63) is 29.3 Å². The molecule has 1 aliphatic carbocycles. The van der Waals surface area contributed by atoms with Gasteiger partial charge in [0.05, 0.1) is 11.6 Å². The summed E-state index contributed by atoms with van der Waals surface area (Å²) < 4.78 is 44.4. The van der Waals surface area contributed by atoms with Crippen LogP contribution in [0.1, 0.15) is 57.2 Å². The molecule has 0 bridgehead atoms. The lowest BCUT2D eigenvalue weighted by Gasteiger charge is -2.34. The van der Waals surface area contributed by atoms with Gasteiger partial charge in [-0.1, -0.05) is 0 Å². The summed E-state index contributed by atoms with van der Waals surface area (Å²) in [5.74, 6) is 0.512. The van der Waals surface area contributed by atoms with Crippen molar-refractivity contribution in [3.8, 4) is 0 Å². The number of benzene rings is 1. The maximum atomic E-state index is 13.1. The molecule has 1 aromatic rings. The highest BCUT2D eigenvalue weighted by Crippen LogP contribution is 2.44. The molecule has 1 amide bonds. The Morgan fingerprint density at radius 1 is 1.24 bits per heavy atom. The van der Waals surface area contributed by atoms with Crippen LogP contribution in [-0.4, -0.2) is 17.7 Å². The van der Waals surface area contributed by atoms with Crippen molar-refractivity contribution in [2.75, 3.05) is 5.32 Å². The SMILES string of the molecule is CC(C)(C)OC(=O)N[C@@H]1C[C@H](C2CC2)Nc2ccc(C(F)(F)F)cc21. The van der Waals surface area contributed by atoms with Crippen LogP contribution in [0.25, 0.3) is 0 Å². The lowest BCUT2D eigenvalue weighted by atomic mass is 9.89. The second kappa shape index (κ2) is 6.11. The highest BCUT2D eigenvalue weighted by atomic mass is 19.4. The number of ether oxygens (including phenoxy) is 1. The number of amides is 1. The fourth-order valence-corrected chi connectivity index (χ4v) is 3.19. The van der Waals surface area contributed by atoms with Crippen LogP contribution in [0.3, 0.4) is 0 Å². The summed E-state index contributed by atoms with van der Waals surface area (Å²) in [6, 6.07) is 3.30. The van der Waals surface area contributed by atoms with E-state index in [4.69, 9.17) is 4.74 Å². The quantitative estimate of drug-likeness (QED) is 0.795. The molecular formula is C18H23F3N2O2. The summed E-state index contributed by atoms with van der Waals surface area (Å²) in [5, 5.41) is 6.08. The molecule has 7 heteroatoms. The molecule has 4 nitrogen and oxygen atoms in total. The molecule has 2 aliphatic rings. The molecule has 1 aliphatic heterocycles. The first-order valence-corrected chi connectivity index (χ1v) is 8.50. The van der Waals surface area contributed by atoms with E-state index in [0.717, 1.165) is 25.0 Å². The Hall–Kier alpha value is -1.92. The summed E-state index contributed by atoms with van der Waals surface area (Å²) in [5.41, 5.74) is -0.271. The molecule has 138 valence electrons. The number of halogens is 3. The van der Waals surface area contributed by atoms with Crippen molar-refractivity contribution < 1.29 is 22.7 Å². The van der Waals surface area contributed by atoms with Gasteiger partial charge in [0.25, 0.3) is 0 Å². The number of nitrogens with one attached hydrogen (secondary N) is 2. The third-order valence-corrected chi connectivity index (χ3v) is 4.47. The zero-order chi connectivity index (χ0) is 18.4. The maximum absolute atomic E-state index is 13.1. The van der Waals surface area contributed by atoms with E-state index in [1.165, 1.54) is 6.07 Å². The molecule has 3 rings (SSSR count). The maximum Gasteiger partial charge on any atom is 0.416 e. The first-order valence-electron chi connectivity index (χ1n) is 8.50. The summed E-state index contributed by atoms with van der Waals surface area (Å²) in [6.45, 7) is 5.24. The molecule has 25 heavy (non-hydrogen) atoms. The number of alkyl halides is 3. The molecule has 0 saturated heterocycles. The van der Waals surface area contributed by atoms with E-state index < -0.39 is 29.5 Å². The molecule has 0 aromatic heterocycles. The Balaban J connectivity index is 1.86. The van der Waals surface area contributed by atoms with E-state index >= 15 is 0 Å². The van der Waals surface area contributed by atoms with E-state index in [-0.39, 0.29) is 6.04 Å². The van der Waals surface area contributed by atoms with E-state index in [2.05, 4.69) is 10.6 Å². The van der Waals surface area contributed by atoms with Gasteiger partial charge in [0, 0.05) is 11.7 Å². The largest absolute Gasteiger partial charge is 0.444 e. The van der Waals surface area contributed by atoms with Crippen LogP contribution in [-0.2, 0) is 10.9 Å². The number of carbonyl (C=O) groups is 1. The van der Waals surface area contributed by atoms with Gasteiger partial charge in [0.15, 0.2) is 0 Å². The summed E-state index contributed by atoms with van der Waals surface area (Å²) in [6.07, 6.45) is -2.27. The van der Waals surface area contributed by atoms with Crippen LogP contribution in [0.5, 0.6) is 0 Å². The van der Waals surface area contributed by atoms with Gasteiger partial charge in [-0.15, -0.1) is 0 Å². The lowest BCUT2D eigenvalue weighted by molar-refractivity contribution is -0.137. The number of rotatable bonds is 2. The second-order valence-electron chi connectivity index (χ2n) is 7.82. The van der Waals surface area contributed by atoms with Gasteiger partial charge in [-0.25, -0.2) is 4.79 Å². The first-order chi connectivity index (χ1) is 11.5. The van der Waals surface area contributed by atoms with Crippen molar-refractivity contribution in [1.82, 2.24) is 5.32 Å². The third kappa shape index (κ3) is 4.38. The number of hydrogen-bond donors (Lipinski definition) is 2. The number of alkyl carbamates (subject to hydrolysis) is 1. The topological polar surface area (TPSA) is 50.4 Å². The Labute approximate surface area is 145 Å². The minimum atomic E-state index is -4.42. The monoisotopic (exact) mass is 356 g/mol. The highest BCUT2D eigenvalue weighted by Gasteiger charge is 2.39. The summed E-state index contributed by atoms with van der Waals surface area (Å²) in [4.78, 5) is 12.1. The van der Waals surface area contributed by atoms with Crippen LogP contribution in [0.2, 0.25) is 0 Å². The van der Waals surface area contributed by atoms with Gasteiger partial charge in [-0.3, -0.25) is 0 Å². The second-order valence-corrected chi connectivity index (χ2v) is 7.82. The van der Waals surface area contributed by atoms with Crippen molar-refractivity contribution in [3.63, 3.8) is 0 Å². The summed E-state index contributed by atoms with van der Waals surface area (Å²) >= 11 is 0. The van der Waals surface area contributed by atoms with Crippen LogP contribution >= 0.6 is 0 Å². The van der Waals surface area contributed by atoms with Crippen LogP contribution in [0.4, 0.5) is 23.7 Å². The van der Waals surface area contributed by atoms with Gasteiger partial charge in [0.2, 0.25) is 0 Å². The Kier molecular flexibility index (Phi) is 4.37. The minimum Gasteiger partial charge on any atom is -0.444 e. The zero-order valence-corrected chi connectivity index (χ0v) is 14.5. The van der Waals surface area contributed by atoms with Crippen LogP contribution in [0, 0.1) is 5.92 Å². The molecule has 0 radical (unpaired) electrons. The Morgan fingerprint density at radius 3 is 2.48 bits per heavy atom. The van der Waals surface area contributed by atoms with Crippen molar-refractivity contribution in [2.45, 2.75) is 63.9 Å². The first kappa shape index (κ1) is 17.9. The molecule has 2 atom stereocenters. The minimum absolute atomic E-state index is 0.157. The van der Waals surface area contributed by atoms with Crippen molar-refractivity contribution in [2.24, 2.45) is 5.92 Å². The van der Waals surface area contributed by atoms with Gasteiger partial charge in [-0.05, 0) is 69.7 Å². The molecule has 1 fully saturated rings. The Morgan fingerprint density at radius 2 is 1.92 bits per heavy atom. The zero-order valence-electron chi connectivity index (χ0n) is 14.5. The lowest BCUT2D eigenvalue weighted by Crippen LogP contribution is -2.40. The number of carbonyl (C=O) groups excluding carboxylic acids is 1. The summed E-state index contributed by atoms with van der Waals surface area (Å²) in [7, 11) is 0. The fourth-order valence-electron chi connectivity index (χ4n) is 3.19. The van der Waals surface area contributed by atoms with E-state index in [9.17, 15) is 18.0 Å². The van der Waals surface area contributed by atoms with Crippen molar-refractivity contribution in [1.29, 1.82) is 0 Å². The molecule has 0 spiro atoms. The van der Waals surface area contributed by atoms with Gasteiger partial charge in [-0.2, -0.15) is 13.2 Å². The van der Waals surface area contributed by atoms with E-state index in [1.807, 2.05) is 0 Å². The molecule has 1 aromatic carbocycles. The smallest absolute Gasteiger partial charge is 0.416 e. The number of hydrogen-bond acceptors (Lipinski definition) is 3. The highest BCUT2D eigenvalue weighted by molar-refractivity contribution is 5.70. The Bertz CT molecular complexity index is 663. The van der Waals surface area contributed by atoms with Gasteiger partial charge in [0.1, 0.15) is 5.60 Å². The molecule has 1 saturated carbocycles. The van der Waals surface area contributed by atoms with E-state index in [0.29, 0.717) is 23.6 Å². The number of anilines is 1. The predicted molar refractivity (Wildman–Crippen MR) is 88.3 cm³/mol. The normalized spacial score (nSPS) is 23.4. The molecule has 0 unspecified atom stereocenters. The predicted octanol–water partition coefficient (Wildman–Crippen LogP) is 4.87. The average Bonchev–Trinajstić information content (AvgIpc) is 3.28. The van der Waals surface area contributed by atoms with Crippen LogP contribution in [0.15, 0.2) is 18.2 Å². The van der Waals surface area contributed by atoms with Gasteiger partial charge < -0.3 is 15.4 Å². The van der Waals surface area contributed by atoms with E-state index in [1.54, 1.807) is 20.8 Å². The molecule has 2 N–H and O–H groups in total. The fraction of sp³-hybridized carbons (Fsp3) is 0.611. The third-order valence-electron chi connectivity index (χ3n) is 4.47. The van der Waals surface area contributed by atoms with Gasteiger partial charge >= 0.3 is 12.3 Å². The molecule has 1 heterocycles. The standard InChI is InChI=1S/C18H23F3N2O2/c1-17(2,3)25-16(24)23-15-9-14(10-4-5-10)22-13-7-6-11(8-12(13)15)18(19,20)21/h6-8,10,14-15,22H,4-5,9H2,1-3H3,(H,23,24)/t14-,15-/m1/s1. The average molecular weight is 356 g/mol. The van der Waals surface area contributed by atoms with Crippen molar-refractivity contribution >= 4 is 11.8 Å².